The van der Waals surface area contributed by atoms with E-state index in [0.717, 1.165) is 36.6 Å². The van der Waals surface area contributed by atoms with Crippen molar-refractivity contribution in [1.29, 1.82) is 0 Å². The lowest BCUT2D eigenvalue weighted by Crippen LogP contribution is -2.11. The van der Waals surface area contributed by atoms with Crippen LogP contribution in [0.25, 0.3) is 0 Å². The Labute approximate surface area is 125 Å². The van der Waals surface area contributed by atoms with Crippen molar-refractivity contribution in [2.24, 2.45) is 0 Å². The average molecular weight is 286 g/mol. The van der Waals surface area contributed by atoms with Gasteiger partial charge in [-0.15, -0.1) is 0 Å². The van der Waals surface area contributed by atoms with Gasteiger partial charge in [0.25, 0.3) is 0 Å². The minimum absolute atomic E-state index is 0.655. The molecule has 5 nitrogen and oxygen atoms in total. The predicted molar refractivity (Wildman–Crippen MR) is 86.1 cm³/mol. The van der Waals surface area contributed by atoms with Crippen LogP contribution in [0.3, 0.4) is 0 Å². The molecule has 5 heteroatoms. The van der Waals surface area contributed by atoms with Gasteiger partial charge in [-0.2, -0.15) is 4.98 Å². The first kappa shape index (κ1) is 15.1. The van der Waals surface area contributed by atoms with Crippen LogP contribution < -0.4 is 15.4 Å². The zero-order valence-corrected chi connectivity index (χ0v) is 12.8. The van der Waals surface area contributed by atoms with E-state index in [0.29, 0.717) is 5.95 Å². The van der Waals surface area contributed by atoms with E-state index in [1.807, 2.05) is 38.2 Å². The minimum Gasteiger partial charge on any atom is -0.496 e. The number of para-hydroxylation sites is 1. The molecule has 1 heterocycles. The van der Waals surface area contributed by atoms with Gasteiger partial charge in [0.2, 0.25) is 5.95 Å². The summed E-state index contributed by atoms with van der Waals surface area (Å²) in [5, 5.41) is 6.48. The first-order valence-corrected chi connectivity index (χ1v) is 7.18. The second-order valence-electron chi connectivity index (χ2n) is 4.74. The lowest BCUT2D eigenvalue weighted by molar-refractivity contribution is 0.410. The van der Waals surface area contributed by atoms with Gasteiger partial charge >= 0.3 is 0 Å². The maximum absolute atomic E-state index is 5.36. The third-order valence-corrected chi connectivity index (χ3v) is 3.19. The van der Waals surface area contributed by atoms with Crippen LogP contribution in [0.2, 0.25) is 0 Å². The van der Waals surface area contributed by atoms with E-state index in [-0.39, 0.29) is 0 Å². The lowest BCUT2D eigenvalue weighted by atomic mass is 10.1. The van der Waals surface area contributed by atoms with Crippen LogP contribution in [0, 0.1) is 6.92 Å². The largest absolute Gasteiger partial charge is 0.496 e. The standard InChI is InChI=1S/C16H22N4O/c1-4-17-16-19-11-12(2)15(20-16)18-10-9-13-7-5-6-8-14(13)21-3/h5-8,11H,4,9-10H2,1-3H3,(H2,17,18,19,20). The van der Waals surface area contributed by atoms with Crippen molar-refractivity contribution < 1.29 is 4.74 Å². The number of nitrogens with one attached hydrogen (secondary N) is 2. The third-order valence-electron chi connectivity index (χ3n) is 3.19. The van der Waals surface area contributed by atoms with Crippen LogP contribution in [0.15, 0.2) is 30.5 Å². The van der Waals surface area contributed by atoms with Gasteiger partial charge in [-0.3, -0.25) is 0 Å². The normalized spacial score (nSPS) is 10.2. The molecule has 0 saturated heterocycles. The van der Waals surface area contributed by atoms with Crippen molar-refractivity contribution in [2.75, 3.05) is 30.8 Å². The van der Waals surface area contributed by atoms with Crippen molar-refractivity contribution in [3.8, 4) is 5.75 Å². The molecule has 2 N–H and O–H groups in total. The Bertz CT molecular complexity index is 586. The molecule has 112 valence electrons. The number of anilines is 2. The van der Waals surface area contributed by atoms with Gasteiger partial charge in [0.15, 0.2) is 0 Å². The fourth-order valence-electron chi connectivity index (χ4n) is 2.09. The van der Waals surface area contributed by atoms with Crippen LogP contribution in [0.5, 0.6) is 5.75 Å². The maximum Gasteiger partial charge on any atom is 0.224 e. The van der Waals surface area contributed by atoms with Crippen molar-refractivity contribution in [3.05, 3.63) is 41.6 Å². The summed E-state index contributed by atoms with van der Waals surface area (Å²) in [6, 6.07) is 8.07. The molecule has 0 aliphatic heterocycles. The number of hydrogen-bond acceptors (Lipinski definition) is 5. The number of methoxy groups -OCH3 is 1. The monoisotopic (exact) mass is 286 g/mol. The highest BCUT2D eigenvalue weighted by Gasteiger charge is 2.05. The van der Waals surface area contributed by atoms with E-state index in [1.54, 1.807) is 7.11 Å². The Morgan fingerprint density at radius 1 is 1.19 bits per heavy atom. The lowest BCUT2D eigenvalue weighted by Gasteiger charge is -2.11. The van der Waals surface area contributed by atoms with E-state index in [1.165, 1.54) is 5.56 Å². The SMILES string of the molecule is CCNc1ncc(C)c(NCCc2ccccc2OC)n1. The summed E-state index contributed by atoms with van der Waals surface area (Å²) in [5.74, 6) is 2.45. The van der Waals surface area contributed by atoms with E-state index in [4.69, 9.17) is 4.74 Å². The highest BCUT2D eigenvalue weighted by atomic mass is 16.5. The Kier molecular flexibility index (Phi) is 5.37. The molecule has 21 heavy (non-hydrogen) atoms. The molecule has 1 aromatic heterocycles. The number of aryl methyl sites for hydroxylation is 1. The Morgan fingerprint density at radius 2 is 2.00 bits per heavy atom. The molecule has 0 atom stereocenters. The molecule has 2 aromatic rings. The first-order chi connectivity index (χ1) is 10.2. The number of rotatable bonds is 7. The van der Waals surface area contributed by atoms with Gasteiger partial charge in [0, 0.05) is 24.8 Å². The second-order valence-corrected chi connectivity index (χ2v) is 4.74. The average Bonchev–Trinajstić information content (AvgIpc) is 2.51. The van der Waals surface area contributed by atoms with E-state index in [2.05, 4.69) is 26.7 Å². The highest BCUT2D eigenvalue weighted by Crippen LogP contribution is 2.18. The molecule has 2 rings (SSSR count). The minimum atomic E-state index is 0.655. The fraction of sp³-hybridized carbons (Fsp3) is 0.375. The number of hydrogen-bond donors (Lipinski definition) is 2. The Balaban J connectivity index is 1.98. The van der Waals surface area contributed by atoms with Gasteiger partial charge in [-0.25, -0.2) is 4.98 Å². The molecule has 0 aliphatic rings. The van der Waals surface area contributed by atoms with Crippen LogP contribution in [-0.2, 0) is 6.42 Å². The Hall–Kier alpha value is -2.30. The zero-order valence-electron chi connectivity index (χ0n) is 12.8. The van der Waals surface area contributed by atoms with Gasteiger partial charge in [-0.1, -0.05) is 18.2 Å². The molecule has 0 fully saturated rings. The van der Waals surface area contributed by atoms with E-state index < -0.39 is 0 Å². The van der Waals surface area contributed by atoms with Crippen LogP contribution in [0.1, 0.15) is 18.1 Å². The molecular weight excluding hydrogens is 264 g/mol. The second kappa shape index (κ2) is 7.47. The molecular formula is C16H22N4O. The van der Waals surface area contributed by atoms with E-state index >= 15 is 0 Å². The number of benzene rings is 1. The summed E-state index contributed by atoms with van der Waals surface area (Å²) < 4.78 is 5.36. The molecule has 0 aliphatic carbocycles. The van der Waals surface area contributed by atoms with Gasteiger partial charge < -0.3 is 15.4 Å². The van der Waals surface area contributed by atoms with Crippen LogP contribution >= 0.6 is 0 Å². The molecule has 0 amide bonds. The molecule has 0 radical (unpaired) electrons. The highest BCUT2D eigenvalue weighted by molar-refractivity contribution is 5.46. The van der Waals surface area contributed by atoms with Crippen molar-refractivity contribution in [1.82, 2.24) is 9.97 Å². The van der Waals surface area contributed by atoms with Crippen molar-refractivity contribution in [2.45, 2.75) is 20.3 Å². The summed E-state index contributed by atoms with van der Waals surface area (Å²) in [6.45, 7) is 5.63. The van der Waals surface area contributed by atoms with Gasteiger partial charge in [0.1, 0.15) is 11.6 Å². The molecule has 0 spiro atoms. The molecule has 0 saturated carbocycles. The summed E-state index contributed by atoms with van der Waals surface area (Å²) in [5.41, 5.74) is 2.22. The molecule has 0 bridgehead atoms. The summed E-state index contributed by atoms with van der Waals surface area (Å²) in [4.78, 5) is 8.71. The third kappa shape index (κ3) is 4.08. The topological polar surface area (TPSA) is 59.1 Å². The Morgan fingerprint density at radius 3 is 2.76 bits per heavy atom. The summed E-state index contributed by atoms with van der Waals surface area (Å²) in [6.07, 6.45) is 2.71. The van der Waals surface area contributed by atoms with Crippen molar-refractivity contribution >= 4 is 11.8 Å². The van der Waals surface area contributed by atoms with Crippen molar-refractivity contribution in [3.63, 3.8) is 0 Å². The van der Waals surface area contributed by atoms with Gasteiger partial charge in [-0.05, 0) is 31.9 Å². The summed E-state index contributed by atoms with van der Waals surface area (Å²) >= 11 is 0. The summed E-state index contributed by atoms with van der Waals surface area (Å²) in [7, 11) is 1.70. The zero-order chi connectivity index (χ0) is 15.1. The quantitative estimate of drug-likeness (QED) is 0.819. The van der Waals surface area contributed by atoms with Crippen LogP contribution in [-0.4, -0.2) is 30.2 Å². The molecule has 1 aromatic carbocycles. The smallest absolute Gasteiger partial charge is 0.224 e. The number of aromatic nitrogens is 2. The fourth-order valence-corrected chi connectivity index (χ4v) is 2.09. The predicted octanol–water partition coefficient (Wildman–Crippen LogP) is 2.88. The number of ether oxygens (including phenoxy) is 1. The first-order valence-electron chi connectivity index (χ1n) is 7.18. The maximum atomic E-state index is 5.36. The van der Waals surface area contributed by atoms with E-state index in [9.17, 15) is 0 Å². The number of nitrogens with zero attached hydrogens (tertiary/aromatic N) is 2. The van der Waals surface area contributed by atoms with Crippen LogP contribution in [0.4, 0.5) is 11.8 Å². The van der Waals surface area contributed by atoms with Gasteiger partial charge in [0.05, 0.1) is 7.11 Å². The molecule has 0 unspecified atom stereocenters.